The van der Waals surface area contributed by atoms with E-state index in [4.69, 9.17) is 23.7 Å². The van der Waals surface area contributed by atoms with Gasteiger partial charge in [0.25, 0.3) is 0 Å². The van der Waals surface area contributed by atoms with Crippen LogP contribution in [0, 0.1) is 6.92 Å². The van der Waals surface area contributed by atoms with Gasteiger partial charge in [-0.15, -0.1) is 0 Å². The first-order chi connectivity index (χ1) is 13.1. The summed E-state index contributed by atoms with van der Waals surface area (Å²) in [6.07, 6.45) is 2.96. The van der Waals surface area contributed by atoms with E-state index in [1.807, 2.05) is 31.2 Å². The molecule has 0 aliphatic carbocycles. The average Bonchev–Trinajstić information content (AvgIpc) is 2.69. The smallest absolute Gasteiger partial charge is 0.330 e. The third-order valence-electron chi connectivity index (χ3n) is 3.78. The highest BCUT2D eigenvalue weighted by molar-refractivity contribution is 5.87. The zero-order valence-electron chi connectivity index (χ0n) is 16.0. The second-order valence-corrected chi connectivity index (χ2v) is 5.57. The normalized spacial score (nSPS) is 10.5. The number of carbonyl (C=O) groups is 1. The second kappa shape index (κ2) is 10.1. The molecule has 0 saturated carbocycles. The van der Waals surface area contributed by atoms with Crippen LogP contribution in [-0.2, 0) is 9.53 Å². The quantitative estimate of drug-likeness (QED) is 0.380. The van der Waals surface area contributed by atoms with Crippen LogP contribution in [0.5, 0.6) is 23.0 Å². The molecule has 0 aromatic heterocycles. The molecule has 0 heterocycles. The summed E-state index contributed by atoms with van der Waals surface area (Å²) in [4.78, 5) is 11.9. The Bertz CT molecular complexity index is 772. The molecule has 0 bridgehead atoms. The van der Waals surface area contributed by atoms with Crippen LogP contribution < -0.4 is 18.9 Å². The molecular formula is C21H24O6. The molecule has 2 aromatic carbocycles. The lowest BCUT2D eigenvalue weighted by Crippen LogP contribution is -2.10. The molecule has 144 valence electrons. The van der Waals surface area contributed by atoms with Crippen molar-refractivity contribution >= 4 is 12.0 Å². The summed E-state index contributed by atoms with van der Waals surface area (Å²) < 4.78 is 26.6. The van der Waals surface area contributed by atoms with E-state index in [-0.39, 0.29) is 13.2 Å². The van der Waals surface area contributed by atoms with Gasteiger partial charge in [0.15, 0.2) is 11.5 Å². The maximum Gasteiger partial charge on any atom is 0.330 e. The summed E-state index contributed by atoms with van der Waals surface area (Å²) in [5.41, 5.74) is 1.75. The molecule has 0 aliphatic heterocycles. The Morgan fingerprint density at radius 1 is 0.926 bits per heavy atom. The molecule has 0 amide bonds. The first-order valence-corrected chi connectivity index (χ1v) is 8.42. The maximum atomic E-state index is 11.9. The van der Waals surface area contributed by atoms with Gasteiger partial charge in [-0.3, -0.25) is 0 Å². The summed E-state index contributed by atoms with van der Waals surface area (Å²) in [5.74, 6) is 1.83. The van der Waals surface area contributed by atoms with E-state index in [1.165, 1.54) is 27.4 Å². The molecule has 2 aromatic rings. The fourth-order valence-electron chi connectivity index (χ4n) is 2.42. The van der Waals surface area contributed by atoms with Gasteiger partial charge in [0.1, 0.15) is 19.0 Å². The lowest BCUT2D eigenvalue weighted by Gasteiger charge is -2.12. The topological polar surface area (TPSA) is 63.2 Å². The van der Waals surface area contributed by atoms with E-state index in [1.54, 1.807) is 18.2 Å². The van der Waals surface area contributed by atoms with Gasteiger partial charge in [-0.05, 0) is 42.3 Å². The summed E-state index contributed by atoms with van der Waals surface area (Å²) >= 11 is 0. The Morgan fingerprint density at radius 3 is 2.19 bits per heavy atom. The number of aryl methyl sites for hydroxylation is 1. The summed E-state index contributed by atoms with van der Waals surface area (Å²) in [6.45, 7) is 2.41. The fourth-order valence-corrected chi connectivity index (χ4v) is 2.42. The third-order valence-corrected chi connectivity index (χ3v) is 3.78. The van der Waals surface area contributed by atoms with Crippen molar-refractivity contribution in [3.8, 4) is 23.0 Å². The predicted octanol–water partition coefficient (Wildman–Crippen LogP) is 3.66. The van der Waals surface area contributed by atoms with E-state index in [2.05, 4.69) is 0 Å². The molecule has 0 saturated heterocycles. The molecule has 0 fully saturated rings. The number of ether oxygens (including phenoxy) is 5. The van der Waals surface area contributed by atoms with Crippen LogP contribution in [0.3, 0.4) is 0 Å². The van der Waals surface area contributed by atoms with Crippen LogP contribution in [0.2, 0.25) is 0 Å². The van der Waals surface area contributed by atoms with E-state index in [0.29, 0.717) is 17.2 Å². The molecular weight excluding hydrogens is 348 g/mol. The van der Waals surface area contributed by atoms with Gasteiger partial charge >= 0.3 is 5.97 Å². The number of para-hydroxylation sites is 1. The molecule has 6 nitrogen and oxygen atoms in total. The summed E-state index contributed by atoms with van der Waals surface area (Å²) in [6, 6.07) is 11.2. The molecule has 0 N–H and O–H groups in total. The number of methoxy groups -OCH3 is 3. The summed E-state index contributed by atoms with van der Waals surface area (Å²) in [5, 5.41) is 0. The van der Waals surface area contributed by atoms with Crippen molar-refractivity contribution in [2.45, 2.75) is 6.92 Å². The minimum atomic E-state index is -0.461. The number of carbonyl (C=O) groups excluding carboxylic acids is 1. The van der Waals surface area contributed by atoms with Crippen molar-refractivity contribution in [2.75, 3.05) is 34.5 Å². The van der Waals surface area contributed by atoms with Crippen molar-refractivity contribution in [3.63, 3.8) is 0 Å². The minimum absolute atomic E-state index is 0.159. The van der Waals surface area contributed by atoms with Gasteiger partial charge in [-0.1, -0.05) is 18.2 Å². The van der Waals surface area contributed by atoms with Crippen LogP contribution in [0.25, 0.3) is 6.08 Å². The Morgan fingerprint density at radius 2 is 1.59 bits per heavy atom. The SMILES string of the molecule is COc1cc(/C=C/C(=O)OCCOc2ccccc2C)cc(OC)c1OC. The van der Waals surface area contributed by atoms with Gasteiger partial charge in [0, 0.05) is 6.08 Å². The average molecular weight is 372 g/mol. The van der Waals surface area contributed by atoms with E-state index < -0.39 is 5.97 Å². The molecule has 0 spiro atoms. The Kier molecular flexibility index (Phi) is 7.55. The van der Waals surface area contributed by atoms with Crippen LogP contribution in [-0.4, -0.2) is 40.5 Å². The number of esters is 1. The van der Waals surface area contributed by atoms with Gasteiger partial charge in [0.05, 0.1) is 21.3 Å². The van der Waals surface area contributed by atoms with Crippen LogP contribution >= 0.6 is 0 Å². The number of hydrogen-bond donors (Lipinski definition) is 0. The van der Waals surface area contributed by atoms with Crippen LogP contribution in [0.15, 0.2) is 42.5 Å². The Labute approximate surface area is 159 Å². The number of hydrogen-bond acceptors (Lipinski definition) is 6. The van der Waals surface area contributed by atoms with Gasteiger partial charge in [-0.2, -0.15) is 0 Å². The zero-order chi connectivity index (χ0) is 19.6. The first-order valence-electron chi connectivity index (χ1n) is 8.42. The van der Waals surface area contributed by atoms with Crippen LogP contribution in [0.4, 0.5) is 0 Å². The number of rotatable bonds is 9. The Hall–Kier alpha value is -3.15. The molecule has 0 radical (unpaired) electrons. The highest BCUT2D eigenvalue weighted by Gasteiger charge is 2.12. The van der Waals surface area contributed by atoms with Crippen molar-refractivity contribution in [2.24, 2.45) is 0 Å². The van der Waals surface area contributed by atoms with E-state index in [0.717, 1.165) is 16.9 Å². The highest BCUT2D eigenvalue weighted by atomic mass is 16.6. The van der Waals surface area contributed by atoms with E-state index in [9.17, 15) is 4.79 Å². The third kappa shape index (κ3) is 5.67. The standard InChI is InChI=1S/C21H24O6/c1-15-7-5-6-8-17(15)26-11-12-27-20(22)10-9-16-13-18(23-2)21(25-4)19(14-16)24-3/h5-10,13-14H,11-12H2,1-4H3/b10-9+. The fraction of sp³-hybridized carbons (Fsp3) is 0.286. The molecule has 0 aliphatic rings. The second-order valence-electron chi connectivity index (χ2n) is 5.57. The highest BCUT2D eigenvalue weighted by Crippen LogP contribution is 2.38. The molecule has 6 heteroatoms. The van der Waals surface area contributed by atoms with Gasteiger partial charge < -0.3 is 23.7 Å². The summed E-state index contributed by atoms with van der Waals surface area (Å²) in [7, 11) is 4.60. The lowest BCUT2D eigenvalue weighted by atomic mass is 10.1. The van der Waals surface area contributed by atoms with Crippen molar-refractivity contribution in [3.05, 3.63) is 53.6 Å². The van der Waals surface area contributed by atoms with E-state index >= 15 is 0 Å². The first kappa shape index (κ1) is 20.2. The van der Waals surface area contributed by atoms with Crippen molar-refractivity contribution in [1.82, 2.24) is 0 Å². The maximum absolute atomic E-state index is 11.9. The minimum Gasteiger partial charge on any atom is -0.493 e. The molecule has 2 rings (SSSR count). The molecule has 27 heavy (non-hydrogen) atoms. The monoisotopic (exact) mass is 372 g/mol. The molecule has 0 unspecified atom stereocenters. The van der Waals surface area contributed by atoms with Crippen molar-refractivity contribution < 1.29 is 28.5 Å². The molecule has 0 atom stereocenters. The van der Waals surface area contributed by atoms with Crippen LogP contribution in [0.1, 0.15) is 11.1 Å². The Balaban J connectivity index is 1.90. The van der Waals surface area contributed by atoms with Gasteiger partial charge in [0.2, 0.25) is 5.75 Å². The van der Waals surface area contributed by atoms with Crippen molar-refractivity contribution in [1.29, 1.82) is 0 Å². The number of benzene rings is 2. The largest absolute Gasteiger partial charge is 0.493 e. The van der Waals surface area contributed by atoms with Gasteiger partial charge in [-0.25, -0.2) is 4.79 Å². The predicted molar refractivity (Wildman–Crippen MR) is 103 cm³/mol. The lowest BCUT2D eigenvalue weighted by molar-refractivity contribution is -0.138. The zero-order valence-corrected chi connectivity index (χ0v) is 16.0.